The Kier molecular flexibility index (Phi) is 5.71. The van der Waals surface area contributed by atoms with E-state index in [-0.39, 0.29) is 11.8 Å². The van der Waals surface area contributed by atoms with E-state index >= 15 is 0 Å². The molecule has 1 heterocycles. The second kappa shape index (κ2) is 7.06. The molecule has 0 N–H and O–H groups in total. The van der Waals surface area contributed by atoms with E-state index in [1.165, 1.54) is 13.0 Å². The molecule has 6 heteroatoms. The van der Waals surface area contributed by atoms with Gasteiger partial charge in [-0.2, -0.15) is 5.26 Å². The van der Waals surface area contributed by atoms with Crippen LogP contribution in [0.25, 0.3) is 0 Å². The van der Waals surface area contributed by atoms with Gasteiger partial charge in [-0.1, -0.05) is 11.8 Å². The highest BCUT2D eigenvalue weighted by molar-refractivity contribution is 8.00. The Labute approximate surface area is 122 Å². The fourth-order valence-corrected chi connectivity index (χ4v) is 2.51. The first-order valence-corrected chi connectivity index (χ1v) is 7.04. The fourth-order valence-electron chi connectivity index (χ4n) is 1.58. The van der Waals surface area contributed by atoms with Gasteiger partial charge in [-0.15, -0.1) is 0 Å². The molecule has 0 saturated heterocycles. The molecular formula is C14H16N2O3S. The number of hydrogen-bond donors (Lipinski definition) is 0. The second-order valence-electron chi connectivity index (χ2n) is 4.15. The highest BCUT2D eigenvalue weighted by Gasteiger charge is 2.20. The Bertz CT molecular complexity index is 579. The number of Topliss-reactive ketones (excluding diaryl/α,β-unsaturated/α-hetero) is 1. The van der Waals surface area contributed by atoms with Crippen LogP contribution in [0.5, 0.6) is 0 Å². The zero-order valence-corrected chi connectivity index (χ0v) is 12.7. The summed E-state index contributed by atoms with van der Waals surface area (Å²) in [5.74, 6) is -0.488. The van der Waals surface area contributed by atoms with E-state index in [4.69, 9.17) is 10.00 Å². The number of nitrogens with zero attached hydrogens (tertiary/aromatic N) is 2. The van der Waals surface area contributed by atoms with Crippen LogP contribution < -0.4 is 0 Å². The van der Waals surface area contributed by atoms with Crippen LogP contribution in [0.4, 0.5) is 0 Å². The maximum atomic E-state index is 11.6. The molecule has 0 aliphatic rings. The molecule has 1 aromatic rings. The van der Waals surface area contributed by atoms with Crippen LogP contribution in [0.3, 0.4) is 0 Å². The summed E-state index contributed by atoms with van der Waals surface area (Å²) in [4.78, 5) is 27.3. The number of carbonyl (C=O) groups is 2. The van der Waals surface area contributed by atoms with E-state index in [2.05, 4.69) is 4.98 Å². The van der Waals surface area contributed by atoms with Gasteiger partial charge in [0, 0.05) is 11.3 Å². The van der Waals surface area contributed by atoms with Crippen molar-refractivity contribution < 1.29 is 14.3 Å². The van der Waals surface area contributed by atoms with Crippen molar-refractivity contribution in [2.75, 3.05) is 6.61 Å². The van der Waals surface area contributed by atoms with Crippen molar-refractivity contribution in [1.29, 1.82) is 5.26 Å². The third-order valence-corrected chi connectivity index (χ3v) is 3.67. The van der Waals surface area contributed by atoms with Gasteiger partial charge in [0.15, 0.2) is 5.78 Å². The number of carbonyl (C=O) groups excluding carboxylic acids is 2. The lowest BCUT2D eigenvalue weighted by molar-refractivity contribution is -0.142. The monoisotopic (exact) mass is 292 g/mol. The summed E-state index contributed by atoms with van der Waals surface area (Å²) in [5, 5.41) is 9.12. The number of aromatic nitrogens is 1. The van der Waals surface area contributed by atoms with Crippen LogP contribution in [-0.2, 0) is 9.53 Å². The summed E-state index contributed by atoms with van der Waals surface area (Å²) in [7, 11) is 0. The molecule has 0 amide bonds. The molecule has 1 rings (SSSR count). The minimum Gasteiger partial charge on any atom is -0.465 e. The van der Waals surface area contributed by atoms with Crippen molar-refractivity contribution in [3.8, 4) is 6.07 Å². The average molecular weight is 292 g/mol. The molecule has 0 bridgehead atoms. The lowest BCUT2D eigenvalue weighted by Crippen LogP contribution is -2.17. The number of nitriles is 1. The fraction of sp³-hybridized carbons (Fsp3) is 0.429. The van der Waals surface area contributed by atoms with Crippen LogP contribution in [0.1, 0.15) is 42.4 Å². The Balaban J connectivity index is 3.07. The smallest absolute Gasteiger partial charge is 0.319 e. The summed E-state index contributed by atoms with van der Waals surface area (Å²) in [5.41, 5.74) is 1.27. The van der Waals surface area contributed by atoms with Crippen molar-refractivity contribution in [2.45, 2.75) is 38.0 Å². The number of thioether (sulfide) groups is 1. The quantitative estimate of drug-likeness (QED) is 0.471. The first-order valence-electron chi connectivity index (χ1n) is 6.16. The minimum atomic E-state index is -0.461. The van der Waals surface area contributed by atoms with Crippen LogP contribution in [0.2, 0.25) is 0 Å². The minimum absolute atomic E-state index is 0.138. The Morgan fingerprint density at radius 2 is 2.20 bits per heavy atom. The Morgan fingerprint density at radius 1 is 1.55 bits per heavy atom. The number of ether oxygens (including phenoxy) is 1. The number of hydrogen-bond acceptors (Lipinski definition) is 6. The van der Waals surface area contributed by atoms with Gasteiger partial charge < -0.3 is 4.74 Å². The van der Waals surface area contributed by atoms with Crippen LogP contribution in [0, 0.1) is 18.3 Å². The maximum absolute atomic E-state index is 11.6. The van der Waals surface area contributed by atoms with Gasteiger partial charge >= 0.3 is 5.97 Å². The van der Waals surface area contributed by atoms with E-state index in [1.54, 1.807) is 20.8 Å². The second-order valence-corrected chi connectivity index (χ2v) is 5.48. The summed E-state index contributed by atoms with van der Waals surface area (Å²) < 4.78 is 4.92. The SMILES string of the molecule is CCOC(=O)[C@@H](C)Sc1nc(C)c(C(C)=O)cc1C#N. The van der Waals surface area contributed by atoms with Crippen molar-refractivity contribution in [1.82, 2.24) is 4.98 Å². The molecule has 0 aromatic carbocycles. The number of aryl methyl sites for hydroxylation is 1. The van der Waals surface area contributed by atoms with Gasteiger partial charge in [0.05, 0.1) is 12.2 Å². The molecule has 0 saturated carbocycles. The van der Waals surface area contributed by atoms with Crippen molar-refractivity contribution in [3.05, 3.63) is 22.9 Å². The predicted molar refractivity (Wildman–Crippen MR) is 75.6 cm³/mol. The number of esters is 1. The molecule has 5 nitrogen and oxygen atoms in total. The van der Waals surface area contributed by atoms with Crippen LogP contribution >= 0.6 is 11.8 Å². The van der Waals surface area contributed by atoms with Gasteiger partial charge in [-0.05, 0) is 33.8 Å². The maximum Gasteiger partial charge on any atom is 0.319 e. The standard InChI is InChI=1S/C14H16N2O3S/c1-5-19-14(18)10(4)20-13-11(7-15)6-12(9(3)17)8(2)16-13/h6,10H,5H2,1-4H3/t10-/m1/s1. The van der Waals surface area contributed by atoms with Crippen molar-refractivity contribution in [3.63, 3.8) is 0 Å². The zero-order valence-electron chi connectivity index (χ0n) is 11.9. The molecule has 0 aliphatic heterocycles. The van der Waals surface area contributed by atoms with E-state index in [1.807, 2.05) is 6.07 Å². The van der Waals surface area contributed by atoms with Gasteiger partial charge in [-0.3, -0.25) is 9.59 Å². The third kappa shape index (κ3) is 3.81. The van der Waals surface area contributed by atoms with Crippen LogP contribution in [0.15, 0.2) is 11.1 Å². The van der Waals surface area contributed by atoms with E-state index in [9.17, 15) is 9.59 Å². The van der Waals surface area contributed by atoms with Gasteiger partial charge in [0.2, 0.25) is 0 Å². The highest BCUT2D eigenvalue weighted by atomic mass is 32.2. The average Bonchev–Trinajstić information content (AvgIpc) is 2.38. The summed E-state index contributed by atoms with van der Waals surface area (Å²) in [6.45, 7) is 6.88. The molecule has 0 fully saturated rings. The molecule has 0 spiro atoms. The van der Waals surface area contributed by atoms with Gasteiger partial charge in [-0.25, -0.2) is 4.98 Å². The Hall–Kier alpha value is -1.87. The molecule has 106 valence electrons. The molecule has 0 unspecified atom stereocenters. The summed E-state index contributed by atoms with van der Waals surface area (Å²) in [6, 6.07) is 3.53. The normalized spacial score (nSPS) is 11.6. The van der Waals surface area contributed by atoms with E-state index in [0.29, 0.717) is 28.5 Å². The largest absolute Gasteiger partial charge is 0.465 e. The van der Waals surface area contributed by atoms with Gasteiger partial charge in [0.1, 0.15) is 16.3 Å². The summed E-state index contributed by atoms with van der Waals surface area (Å²) in [6.07, 6.45) is 0. The lowest BCUT2D eigenvalue weighted by Gasteiger charge is -2.12. The van der Waals surface area contributed by atoms with Crippen molar-refractivity contribution >= 4 is 23.5 Å². The predicted octanol–water partition coefficient (Wildman–Crippen LogP) is 2.51. The van der Waals surface area contributed by atoms with Crippen molar-refractivity contribution in [2.24, 2.45) is 0 Å². The molecule has 1 aromatic heterocycles. The number of pyridine rings is 1. The Morgan fingerprint density at radius 3 is 2.70 bits per heavy atom. The number of rotatable bonds is 5. The summed E-state index contributed by atoms with van der Waals surface area (Å²) >= 11 is 1.16. The first kappa shape index (κ1) is 16.2. The molecule has 0 aliphatic carbocycles. The third-order valence-electron chi connectivity index (χ3n) is 2.58. The zero-order chi connectivity index (χ0) is 15.3. The molecule has 20 heavy (non-hydrogen) atoms. The molecule has 1 atom stereocenters. The van der Waals surface area contributed by atoms with E-state index in [0.717, 1.165) is 11.8 Å². The number of ketones is 1. The lowest BCUT2D eigenvalue weighted by atomic mass is 10.1. The molecule has 0 radical (unpaired) electrons. The topological polar surface area (TPSA) is 80.0 Å². The van der Waals surface area contributed by atoms with E-state index < -0.39 is 5.25 Å². The highest BCUT2D eigenvalue weighted by Crippen LogP contribution is 2.27. The van der Waals surface area contributed by atoms with Gasteiger partial charge in [0.25, 0.3) is 0 Å². The molecular weight excluding hydrogens is 276 g/mol. The van der Waals surface area contributed by atoms with Crippen LogP contribution in [-0.4, -0.2) is 28.6 Å². The first-order chi connectivity index (χ1) is 9.40.